The van der Waals surface area contributed by atoms with E-state index in [0.717, 1.165) is 36.6 Å². The number of piperidine rings is 1. The molecule has 25 heavy (non-hydrogen) atoms. The zero-order valence-corrected chi connectivity index (χ0v) is 14.9. The molecule has 1 atom stereocenters. The highest BCUT2D eigenvalue weighted by atomic mass is 32.1. The minimum atomic E-state index is -0.0807. The number of rotatable bonds is 4. The third kappa shape index (κ3) is 3.26. The molecule has 3 aromatic rings. The second-order valence-electron chi connectivity index (χ2n) is 6.45. The fourth-order valence-corrected chi connectivity index (χ4v) is 3.83. The van der Waals surface area contributed by atoms with E-state index >= 15 is 0 Å². The number of nitrogens with zero attached hydrogens (tertiary/aromatic N) is 6. The number of hydrogen-bond acceptors (Lipinski definition) is 6. The first-order valence-electron chi connectivity index (χ1n) is 8.62. The predicted molar refractivity (Wildman–Crippen MR) is 95.2 cm³/mol. The standard InChI is InChI=1S/C17H20N6OS/c1-12(17(24)22-8-3-2-4-9-22)11-13-5-6-14-19-20-15(23(14)21-13)16-18-7-10-25-16/h5-7,10,12H,2-4,8-9,11H2,1H3. The van der Waals surface area contributed by atoms with Gasteiger partial charge in [-0.05, 0) is 31.4 Å². The summed E-state index contributed by atoms with van der Waals surface area (Å²) in [6.45, 7) is 3.75. The molecule has 1 fully saturated rings. The Balaban J connectivity index is 1.55. The molecule has 1 saturated heterocycles. The second-order valence-corrected chi connectivity index (χ2v) is 7.34. The molecule has 130 valence electrons. The van der Waals surface area contributed by atoms with Crippen molar-refractivity contribution in [2.24, 2.45) is 5.92 Å². The smallest absolute Gasteiger partial charge is 0.225 e. The predicted octanol–water partition coefficient (Wildman–Crippen LogP) is 2.44. The number of carbonyl (C=O) groups is 1. The van der Waals surface area contributed by atoms with Crippen molar-refractivity contribution in [2.45, 2.75) is 32.6 Å². The Morgan fingerprint density at radius 3 is 2.84 bits per heavy atom. The van der Waals surface area contributed by atoms with E-state index in [1.54, 1.807) is 10.7 Å². The molecule has 0 saturated carbocycles. The van der Waals surface area contributed by atoms with Crippen molar-refractivity contribution in [2.75, 3.05) is 13.1 Å². The van der Waals surface area contributed by atoms with E-state index in [1.165, 1.54) is 17.8 Å². The fraction of sp³-hybridized carbons (Fsp3) is 0.471. The summed E-state index contributed by atoms with van der Waals surface area (Å²) in [5.74, 6) is 0.787. The molecule has 0 aromatic carbocycles. The van der Waals surface area contributed by atoms with E-state index < -0.39 is 0 Å². The van der Waals surface area contributed by atoms with Gasteiger partial charge in [0.15, 0.2) is 10.7 Å². The van der Waals surface area contributed by atoms with Gasteiger partial charge >= 0.3 is 0 Å². The van der Waals surface area contributed by atoms with Gasteiger partial charge in [-0.25, -0.2) is 4.98 Å². The van der Waals surface area contributed by atoms with Crippen molar-refractivity contribution in [3.63, 3.8) is 0 Å². The van der Waals surface area contributed by atoms with Gasteiger partial charge in [-0.15, -0.1) is 21.5 Å². The highest BCUT2D eigenvalue weighted by molar-refractivity contribution is 7.13. The van der Waals surface area contributed by atoms with E-state index in [-0.39, 0.29) is 11.8 Å². The van der Waals surface area contributed by atoms with Gasteiger partial charge in [-0.2, -0.15) is 9.61 Å². The first-order valence-corrected chi connectivity index (χ1v) is 9.50. The van der Waals surface area contributed by atoms with E-state index in [4.69, 9.17) is 0 Å². The van der Waals surface area contributed by atoms with Crippen molar-refractivity contribution in [3.05, 3.63) is 29.4 Å². The van der Waals surface area contributed by atoms with Crippen LogP contribution in [0.25, 0.3) is 16.5 Å². The van der Waals surface area contributed by atoms with E-state index in [1.807, 2.05) is 29.3 Å². The monoisotopic (exact) mass is 356 g/mol. The molecule has 7 nitrogen and oxygen atoms in total. The lowest BCUT2D eigenvalue weighted by atomic mass is 10.0. The summed E-state index contributed by atoms with van der Waals surface area (Å²) in [6.07, 6.45) is 5.80. The van der Waals surface area contributed by atoms with E-state index in [9.17, 15) is 4.79 Å². The molecular formula is C17H20N6OS. The van der Waals surface area contributed by atoms with Gasteiger partial charge in [-0.1, -0.05) is 6.92 Å². The van der Waals surface area contributed by atoms with Crippen LogP contribution in [0.4, 0.5) is 0 Å². The van der Waals surface area contributed by atoms with Crippen LogP contribution in [0.5, 0.6) is 0 Å². The van der Waals surface area contributed by atoms with Gasteiger partial charge in [0, 0.05) is 37.0 Å². The van der Waals surface area contributed by atoms with Crippen molar-refractivity contribution < 1.29 is 4.79 Å². The van der Waals surface area contributed by atoms with E-state index in [2.05, 4.69) is 20.3 Å². The summed E-state index contributed by atoms with van der Waals surface area (Å²) < 4.78 is 1.71. The van der Waals surface area contributed by atoms with Crippen LogP contribution < -0.4 is 0 Å². The largest absolute Gasteiger partial charge is 0.342 e. The Morgan fingerprint density at radius 1 is 1.24 bits per heavy atom. The number of amides is 1. The van der Waals surface area contributed by atoms with Gasteiger partial charge in [0.1, 0.15) is 0 Å². The third-order valence-corrected chi connectivity index (χ3v) is 5.32. The topological polar surface area (TPSA) is 76.3 Å². The average molecular weight is 356 g/mol. The minimum absolute atomic E-state index is 0.0807. The third-order valence-electron chi connectivity index (χ3n) is 4.55. The number of fused-ring (bicyclic) bond motifs is 1. The van der Waals surface area contributed by atoms with Gasteiger partial charge in [0.2, 0.25) is 11.7 Å². The Labute approximate surface area is 149 Å². The SMILES string of the molecule is CC(Cc1ccc2nnc(-c3nccs3)n2n1)C(=O)N1CCCCC1. The highest BCUT2D eigenvalue weighted by Gasteiger charge is 2.23. The Morgan fingerprint density at radius 2 is 2.08 bits per heavy atom. The Kier molecular flexibility index (Phi) is 4.44. The highest BCUT2D eigenvalue weighted by Crippen LogP contribution is 2.20. The maximum atomic E-state index is 12.6. The van der Waals surface area contributed by atoms with Gasteiger partial charge in [-0.3, -0.25) is 4.79 Å². The van der Waals surface area contributed by atoms with Gasteiger partial charge < -0.3 is 4.90 Å². The molecular weight excluding hydrogens is 336 g/mol. The molecule has 0 bridgehead atoms. The zero-order chi connectivity index (χ0) is 17.2. The Hall–Kier alpha value is -2.35. The summed E-state index contributed by atoms with van der Waals surface area (Å²) in [5, 5.41) is 15.7. The van der Waals surface area contributed by atoms with Crippen molar-refractivity contribution in [1.82, 2.24) is 29.7 Å². The maximum Gasteiger partial charge on any atom is 0.225 e. The van der Waals surface area contributed by atoms with Crippen molar-refractivity contribution in [3.8, 4) is 10.8 Å². The molecule has 0 aliphatic carbocycles. The quantitative estimate of drug-likeness (QED) is 0.718. The van der Waals surface area contributed by atoms with E-state index in [0.29, 0.717) is 17.9 Å². The summed E-state index contributed by atoms with van der Waals surface area (Å²) in [5.41, 5.74) is 1.55. The number of hydrogen-bond donors (Lipinski definition) is 0. The number of carbonyl (C=O) groups excluding carboxylic acids is 1. The van der Waals surface area contributed by atoms with Crippen LogP contribution in [0.2, 0.25) is 0 Å². The zero-order valence-electron chi connectivity index (χ0n) is 14.1. The Bertz CT molecular complexity index is 869. The van der Waals surface area contributed by atoms with Crippen molar-refractivity contribution >= 4 is 22.9 Å². The lowest BCUT2D eigenvalue weighted by Crippen LogP contribution is -2.39. The van der Waals surface area contributed by atoms with Gasteiger partial charge in [0.05, 0.1) is 5.69 Å². The molecule has 0 N–H and O–H groups in total. The average Bonchev–Trinajstić information content (AvgIpc) is 3.30. The minimum Gasteiger partial charge on any atom is -0.342 e. The number of likely N-dealkylation sites (tertiary alicyclic amines) is 1. The number of aromatic nitrogens is 5. The molecule has 0 spiro atoms. The molecule has 4 heterocycles. The van der Waals surface area contributed by atoms with Crippen molar-refractivity contribution in [1.29, 1.82) is 0 Å². The first kappa shape index (κ1) is 16.1. The van der Waals surface area contributed by atoms with Gasteiger partial charge in [0.25, 0.3) is 0 Å². The molecule has 1 unspecified atom stereocenters. The fourth-order valence-electron chi connectivity index (χ4n) is 3.23. The molecule has 1 aliphatic rings. The molecule has 3 aromatic heterocycles. The van der Waals surface area contributed by atoms with Crippen LogP contribution in [0.15, 0.2) is 23.7 Å². The molecule has 1 amide bonds. The summed E-state index contributed by atoms with van der Waals surface area (Å²) in [6, 6.07) is 3.82. The maximum absolute atomic E-state index is 12.6. The van der Waals surface area contributed by atoms with Crippen LogP contribution in [0.1, 0.15) is 31.9 Å². The summed E-state index contributed by atoms with van der Waals surface area (Å²) >= 11 is 1.50. The van der Waals surface area contributed by atoms with Crippen LogP contribution in [-0.2, 0) is 11.2 Å². The normalized spacial score (nSPS) is 16.3. The van der Waals surface area contributed by atoms with Crippen LogP contribution in [-0.4, -0.2) is 48.7 Å². The van der Waals surface area contributed by atoms with Crippen LogP contribution in [0.3, 0.4) is 0 Å². The molecule has 4 rings (SSSR count). The lowest BCUT2D eigenvalue weighted by molar-refractivity contribution is -0.135. The molecule has 8 heteroatoms. The summed E-state index contributed by atoms with van der Waals surface area (Å²) in [4.78, 5) is 18.9. The molecule has 0 radical (unpaired) electrons. The summed E-state index contributed by atoms with van der Waals surface area (Å²) in [7, 11) is 0. The van der Waals surface area contributed by atoms with Crippen LogP contribution >= 0.6 is 11.3 Å². The van der Waals surface area contributed by atoms with Crippen LogP contribution in [0, 0.1) is 5.92 Å². The molecule has 1 aliphatic heterocycles. The lowest BCUT2D eigenvalue weighted by Gasteiger charge is -2.29. The second kappa shape index (κ2) is 6.87. The number of thiazole rings is 1. The first-order chi connectivity index (χ1) is 12.2.